The maximum absolute atomic E-state index is 12.8. The number of urea groups is 1. The fourth-order valence-electron chi connectivity index (χ4n) is 4.33. The van der Waals surface area contributed by atoms with E-state index in [9.17, 15) is 14.4 Å². The van der Waals surface area contributed by atoms with Crippen molar-refractivity contribution in [3.63, 3.8) is 0 Å². The van der Waals surface area contributed by atoms with Gasteiger partial charge in [0.15, 0.2) is 0 Å². The van der Waals surface area contributed by atoms with Crippen molar-refractivity contribution in [2.75, 3.05) is 5.32 Å². The van der Waals surface area contributed by atoms with Gasteiger partial charge in [-0.3, -0.25) is 14.9 Å². The molecule has 190 valence electrons. The van der Waals surface area contributed by atoms with Gasteiger partial charge in [0.25, 0.3) is 5.91 Å². The average Bonchev–Trinajstić information content (AvgIpc) is 3.46. The summed E-state index contributed by atoms with van der Waals surface area (Å²) in [5.74, 6) is -0.415. The zero-order valence-electron chi connectivity index (χ0n) is 20.6. The van der Waals surface area contributed by atoms with Gasteiger partial charge in [0.1, 0.15) is 17.1 Å². The first-order chi connectivity index (χ1) is 16.6. The number of primary amides is 2. The van der Waals surface area contributed by atoms with Crippen LogP contribution in [0.15, 0.2) is 30.3 Å². The molecule has 1 aliphatic carbocycles. The van der Waals surface area contributed by atoms with Gasteiger partial charge in [0.05, 0.1) is 5.56 Å². The second kappa shape index (κ2) is 12.2. The molecule has 35 heavy (non-hydrogen) atoms. The summed E-state index contributed by atoms with van der Waals surface area (Å²) in [6.45, 7) is 6.79. The number of amides is 3. The van der Waals surface area contributed by atoms with Gasteiger partial charge in [-0.2, -0.15) is 0 Å². The molecule has 6 N–H and O–H groups in total. The second-order valence-corrected chi connectivity index (χ2v) is 10.7. The molecule has 1 aromatic carbocycles. The van der Waals surface area contributed by atoms with Crippen LogP contribution in [0.3, 0.4) is 0 Å². The normalized spacial score (nSPS) is 15.7. The number of rotatable bonds is 11. The molecule has 3 rings (SSSR count). The Balaban J connectivity index is 1.64. The van der Waals surface area contributed by atoms with Crippen LogP contribution in [0, 0.1) is 5.92 Å². The maximum Gasteiger partial charge on any atom is 0.323 e. The van der Waals surface area contributed by atoms with Crippen molar-refractivity contribution in [2.24, 2.45) is 17.4 Å². The minimum atomic E-state index is -0.742. The number of nitrogens with one attached hydrogen (secondary N) is 2. The third-order valence-corrected chi connectivity index (χ3v) is 7.52. The summed E-state index contributed by atoms with van der Waals surface area (Å²) in [4.78, 5) is 36.7. The molecular formula is C26H36N4O4S. The molecule has 1 heterocycles. The van der Waals surface area contributed by atoms with E-state index in [-0.39, 0.29) is 29.6 Å². The van der Waals surface area contributed by atoms with Gasteiger partial charge in [-0.1, -0.05) is 45.0 Å². The van der Waals surface area contributed by atoms with E-state index in [1.165, 1.54) is 11.3 Å². The molecule has 0 saturated heterocycles. The predicted molar refractivity (Wildman–Crippen MR) is 138 cm³/mol. The van der Waals surface area contributed by atoms with E-state index >= 15 is 0 Å². The number of carbonyl (C=O) groups is 3. The molecule has 0 bridgehead atoms. The monoisotopic (exact) mass is 500 g/mol. The molecule has 2 unspecified atom stereocenters. The van der Waals surface area contributed by atoms with Crippen LogP contribution in [-0.2, 0) is 16.1 Å². The number of thiophene rings is 1. The van der Waals surface area contributed by atoms with Gasteiger partial charge in [0, 0.05) is 17.3 Å². The number of anilines is 1. The fraction of sp³-hybridized carbons (Fsp3) is 0.500. The minimum absolute atomic E-state index is 0.0152. The summed E-state index contributed by atoms with van der Waals surface area (Å²) in [5.41, 5.74) is 13.0. The molecule has 0 aliphatic heterocycles. The summed E-state index contributed by atoms with van der Waals surface area (Å²) in [6.07, 6.45) is 4.97. The van der Waals surface area contributed by atoms with E-state index in [4.69, 9.17) is 16.2 Å². The highest BCUT2D eigenvalue weighted by Crippen LogP contribution is 2.36. The van der Waals surface area contributed by atoms with Crippen LogP contribution >= 0.6 is 11.3 Å². The Labute approximate surface area is 210 Å². The molecule has 1 saturated carbocycles. The van der Waals surface area contributed by atoms with E-state index < -0.39 is 11.9 Å². The molecule has 1 aliphatic rings. The van der Waals surface area contributed by atoms with Crippen LogP contribution in [0.25, 0.3) is 0 Å². The van der Waals surface area contributed by atoms with Crippen LogP contribution in [-0.4, -0.2) is 30.1 Å². The van der Waals surface area contributed by atoms with Gasteiger partial charge in [-0.05, 0) is 55.2 Å². The zero-order chi connectivity index (χ0) is 25.5. The Bertz CT molecular complexity index is 1030. The quantitative estimate of drug-likeness (QED) is 0.337. The molecule has 1 aromatic heterocycles. The maximum atomic E-state index is 12.8. The third-order valence-electron chi connectivity index (χ3n) is 6.29. The molecule has 8 nitrogen and oxygen atoms in total. The van der Waals surface area contributed by atoms with Crippen molar-refractivity contribution in [1.29, 1.82) is 0 Å². The minimum Gasteiger partial charge on any atom is -0.461 e. The van der Waals surface area contributed by atoms with Crippen LogP contribution in [0.4, 0.5) is 9.80 Å². The first-order valence-electron chi connectivity index (χ1n) is 12.2. The van der Waals surface area contributed by atoms with E-state index in [1.807, 2.05) is 31.2 Å². The summed E-state index contributed by atoms with van der Waals surface area (Å²) in [7, 11) is 0. The van der Waals surface area contributed by atoms with E-state index in [0.717, 1.165) is 48.1 Å². The number of carbonyl (C=O) groups excluding carboxylic acids is 3. The second-order valence-electron chi connectivity index (χ2n) is 9.61. The molecule has 3 amide bonds. The number of benzene rings is 1. The Hall–Kier alpha value is -2.91. The lowest BCUT2D eigenvalue weighted by molar-refractivity contribution is -0.151. The molecule has 2 atom stereocenters. The number of hydrogen-bond donors (Lipinski definition) is 4. The topological polar surface area (TPSA) is 137 Å². The zero-order valence-corrected chi connectivity index (χ0v) is 21.5. The Morgan fingerprint density at radius 3 is 2.31 bits per heavy atom. The van der Waals surface area contributed by atoms with Gasteiger partial charge in [-0.15, -0.1) is 11.3 Å². The standard InChI is InChI=1S/C26H36N4O4S/c1-15(2)12-21(25(32)34-19-6-4-5-7-19)29-14-17-8-10-18(11-9-17)16(3)22-13-20(23(27)31)24(35-22)30-26(28)33/h8-11,13,15-16,19,21,29H,4-7,12,14H2,1-3H3,(H2,27,31)(H3,28,30,33). The van der Waals surface area contributed by atoms with Crippen molar-refractivity contribution in [3.8, 4) is 0 Å². The summed E-state index contributed by atoms with van der Waals surface area (Å²) in [6, 6.07) is 8.74. The van der Waals surface area contributed by atoms with Crippen LogP contribution in [0.5, 0.6) is 0 Å². The van der Waals surface area contributed by atoms with Crippen LogP contribution < -0.4 is 22.1 Å². The van der Waals surface area contributed by atoms with E-state index in [1.54, 1.807) is 6.07 Å². The largest absolute Gasteiger partial charge is 0.461 e. The van der Waals surface area contributed by atoms with Gasteiger partial charge in [0.2, 0.25) is 0 Å². The van der Waals surface area contributed by atoms with Crippen molar-refractivity contribution in [1.82, 2.24) is 5.32 Å². The number of nitrogens with two attached hydrogens (primary N) is 2. The number of hydrogen-bond acceptors (Lipinski definition) is 6. The molecule has 2 aromatic rings. The Morgan fingerprint density at radius 2 is 1.74 bits per heavy atom. The SMILES string of the molecule is CC(C)CC(NCc1ccc(C(C)c2cc(C(N)=O)c(NC(N)=O)s2)cc1)C(=O)OC1CCCC1. The molecule has 1 fully saturated rings. The van der Waals surface area contributed by atoms with Crippen molar-refractivity contribution in [3.05, 3.63) is 51.9 Å². The van der Waals surface area contributed by atoms with Crippen molar-refractivity contribution in [2.45, 2.75) is 77.5 Å². The number of ether oxygens (including phenoxy) is 1. The lowest BCUT2D eigenvalue weighted by Gasteiger charge is -2.22. The fourth-order valence-corrected chi connectivity index (χ4v) is 5.47. The highest BCUT2D eigenvalue weighted by Gasteiger charge is 2.26. The summed E-state index contributed by atoms with van der Waals surface area (Å²) >= 11 is 1.28. The lowest BCUT2D eigenvalue weighted by atomic mass is 9.97. The Morgan fingerprint density at radius 1 is 1.09 bits per heavy atom. The lowest BCUT2D eigenvalue weighted by Crippen LogP contribution is -2.40. The smallest absolute Gasteiger partial charge is 0.323 e. The van der Waals surface area contributed by atoms with Crippen molar-refractivity contribution >= 4 is 34.2 Å². The van der Waals surface area contributed by atoms with Crippen LogP contribution in [0.1, 0.15) is 85.2 Å². The number of esters is 1. The average molecular weight is 501 g/mol. The third kappa shape index (κ3) is 7.53. The molecular weight excluding hydrogens is 464 g/mol. The predicted octanol–water partition coefficient (Wildman–Crippen LogP) is 4.48. The van der Waals surface area contributed by atoms with Gasteiger partial charge >= 0.3 is 12.0 Å². The molecule has 0 spiro atoms. The first kappa shape index (κ1) is 26.7. The van der Waals surface area contributed by atoms with Gasteiger partial charge in [-0.25, -0.2) is 4.79 Å². The Kier molecular flexibility index (Phi) is 9.28. The molecule has 0 radical (unpaired) electrons. The van der Waals surface area contributed by atoms with E-state index in [0.29, 0.717) is 17.5 Å². The highest BCUT2D eigenvalue weighted by atomic mass is 32.1. The van der Waals surface area contributed by atoms with Crippen LogP contribution in [0.2, 0.25) is 0 Å². The highest BCUT2D eigenvalue weighted by molar-refractivity contribution is 7.16. The summed E-state index contributed by atoms with van der Waals surface area (Å²) in [5, 5.41) is 6.22. The van der Waals surface area contributed by atoms with E-state index in [2.05, 4.69) is 24.5 Å². The van der Waals surface area contributed by atoms with Crippen molar-refractivity contribution < 1.29 is 19.1 Å². The first-order valence-corrected chi connectivity index (χ1v) is 13.0. The molecule has 9 heteroatoms. The van der Waals surface area contributed by atoms with Gasteiger partial charge < -0.3 is 21.5 Å². The summed E-state index contributed by atoms with van der Waals surface area (Å²) < 4.78 is 5.75.